The van der Waals surface area contributed by atoms with Crippen molar-refractivity contribution >= 4 is 15.7 Å². The van der Waals surface area contributed by atoms with Gasteiger partial charge in [0.1, 0.15) is 0 Å². The molecule has 0 heterocycles. The van der Waals surface area contributed by atoms with E-state index >= 15 is 0 Å². The molecule has 0 atom stereocenters. The Balaban J connectivity index is 3.48. The lowest BCUT2D eigenvalue weighted by Gasteiger charge is -2.24. The summed E-state index contributed by atoms with van der Waals surface area (Å²) in [5, 5.41) is 9.09. The summed E-state index contributed by atoms with van der Waals surface area (Å²) in [6.07, 6.45) is 0.693. The SMILES string of the molecule is CCCN(CCO)S(=O)(=O)c1c(C)c(C)cc(N)c1C. The van der Waals surface area contributed by atoms with Crippen molar-refractivity contribution in [3.05, 3.63) is 22.8 Å². The van der Waals surface area contributed by atoms with Crippen LogP contribution >= 0.6 is 0 Å². The summed E-state index contributed by atoms with van der Waals surface area (Å²) < 4.78 is 27.0. The standard InChI is InChI=1S/C14H24N2O3S/c1-5-6-16(7-8-17)20(18,19)14-11(3)10(2)9-13(15)12(14)4/h9,17H,5-8,15H2,1-4H3. The fourth-order valence-corrected chi connectivity index (χ4v) is 4.33. The smallest absolute Gasteiger partial charge is 0.243 e. The topological polar surface area (TPSA) is 83.6 Å². The number of hydrogen-bond acceptors (Lipinski definition) is 4. The van der Waals surface area contributed by atoms with E-state index in [-0.39, 0.29) is 18.0 Å². The Morgan fingerprint density at radius 1 is 1.20 bits per heavy atom. The van der Waals surface area contributed by atoms with Crippen LogP contribution in [0.4, 0.5) is 5.69 Å². The number of nitrogen functional groups attached to an aromatic ring is 1. The van der Waals surface area contributed by atoms with Crippen LogP contribution in [0, 0.1) is 20.8 Å². The fraction of sp³-hybridized carbons (Fsp3) is 0.571. The zero-order valence-electron chi connectivity index (χ0n) is 12.6. The van der Waals surface area contributed by atoms with Gasteiger partial charge in [0, 0.05) is 18.8 Å². The fourth-order valence-electron chi connectivity index (χ4n) is 2.27. The second-order valence-corrected chi connectivity index (χ2v) is 6.86. The number of aliphatic hydroxyl groups excluding tert-OH is 1. The highest BCUT2D eigenvalue weighted by Gasteiger charge is 2.28. The molecule has 0 bridgehead atoms. The van der Waals surface area contributed by atoms with E-state index < -0.39 is 10.0 Å². The predicted octanol–water partition coefficient (Wildman–Crippen LogP) is 1.59. The summed E-state index contributed by atoms with van der Waals surface area (Å²) in [5.41, 5.74) is 8.53. The third-order valence-electron chi connectivity index (χ3n) is 3.50. The van der Waals surface area contributed by atoms with Gasteiger partial charge in [-0.05, 0) is 49.9 Å². The molecule has 20 heavy (non-hydrogen) atoms. The van der Waals surface area contributed by atoms with Gasteiger partial charge in [0.05, 0.1) is 11.5 Å². The van der Waals surface area contributed by atoms with Gasteiger partial charge in [0.25, 0.3) is 0 Å². The van der Waals surface area contributed by atoms with E-state index in [1.54, 1.807) is 19.9 Å². The second kappa shape index (κ2) is 6.56. The third kappa shape index (κ3) is 3.13. The van der Waals surface area contributed by atoms with Crippen molar-refractivity contribution in [1.29, 1.82) is 0 Å². The molecule has 1 aromatic carbocycles. The first-order valence-electron chi connectivity index (χ1n) is 6.74. The average molecular weight is 300 g/mol. The van der Waals surface area contributed by atoms with E-state index in [1.165, 1.54) is 4.31 Å². The maximum atomic E-state index is 12.8. The molecule has 0 aliphatic rings. The van der Waals surface area contributed by atoms with Gasteiger partial charge in [-0.25, -0.2) is 8.42 Å². The molecule has 5 nitrogen and oxygen atoms in total. The van der Waals surface area contributed by atoms with E-state index in [2.05, 4.69) is 0 Å². The molecule has 1 rings (SSSR count). The van der Waals surface area contributed by atoms with Crippen LogP contribution in [0.2, 0.25) is 0 Å². The summed E-state index contributed by atoms with van der Waals surface area (Å²) in [6, 6.07) is 1.79. The summed E-state index contributed by atoms with van der Waals surface area (Å²) in [4.78, 5) is 0.275. The van der Waals surface area contributed by atoms with Gasteiger partial charge < -0.3 is 10.8 Å². The highest BCUT2D eigenvalue weighted by Crippen LogP contribution is 2.30. The molecule has 0 saturated heterocycles. The van der Waals surface area contributed by atoms with Gasteiger partial charge in [-0.1, -0.05) is 6.92 Å². The zero-order valence-corrected chi connectivity index (χ0v) is 13.4. The molecule has 0 aliphatic carbocycles. The molecule has 114 valence electrons. The normalized spacial score (nSPS) is 12.1. The number of sulfonamides is 1. The number of hydrogen-bond donors (Lipinski definition) is 2. The number of rotatable bonds is 6. The Kier molecular flexibility index (Phi) is 5.56. The number of aryl methyl sites for hydroxylation is 1. The van der Waals surface area contributed by atoms with E-state index in [0.717, 1.165) is 11.1 Å². The maximum Gasteiger partial charge on any atom is 0.243 e. The van der Waals surface area contributed by atoms with E-state index in [4.69, 9.17) is 10.8 Å². The number of nitrogens with two attached hydrogens (primary N) is 1. The van der Waals surface area contributed by atoms with Gasteiger partial charge in [-0.3, -0.25) is 0 Å². The van der Waals surface area contributed by atoms with Crippen LogP contribution in [0.5, 0.6) is 0 Å². The molecule has 0 radical (unpaired) electrons. The van der Waals surface area contributed by atoms with Crippen molar-refractivity contribution < 1.29 is 13.5 Å². The first kappa shape index (κ1) is 16.9. The zero-order chi connectivity index (χ0) is 15.5. The van der Waals surface area contributed by atoms with Crippen LogP contribution in [0.1, 0.15) is 30.0 Å². The first-order valence-corrected chi connectivity index (χ1v) is 8.18. The van der Waals surface area contributed by atoms with Crippen molar-refractivity contribution in [2.45, 2.75) is 39.0 Å². The van der Waals surface area contributed by atoms with E-state index in [9.17, 15) is 8.42 Å². The molecule has 0 saturated carbocycles. The molecule has 0 aliphatic heterocycles. The van der Waals surface area contributed by atoms with Gasteiger partial charge in [0.2, 0.25) is 10.0 Å². The molecule has 6 heteroatoms. The predicted molar refractivity (Wildman–Crippen MR) is 81.2 cm³/mol. The van der Waals surface area contributed by atoms with Crippen molar-refractivity contribution in [1.82, 2.24) is 4.31 Å². The van der Waals surface area contributed by atoms with Crippen LogP contribution in [0.15, 0.2) is 11.0 Å². The minimum Gasteiger partial charge on any atom is -0.398 e. The molecule has 0 unspecified atom stereocenters. The largest absolute Gasteiger partial charge is 0.398 e. The van der Waals surface area contributed by atoms with Crippen LogP contribution in [-0.2, 0) is 10.0 Å². The van der Waals surface area contributed by atoms with E-state index in [0.29, 0.717) is 24.2 Å². The van der Waals surface area contributed by atoms with Crippen molar-refractivity contribution in [3.63, 3.8) is 0 Å². The molecule has 0 spiro atoms. The second-order valence-electron chi connectivity index (χ2n) is 4.99. The molecular weight excluding hydrogens is 276 g/mol. The Morgan fingerprint density at radius 2 is 1.80 bits per heavy atom. The summed E-state index contributed by atoms with van der Waals surface area (Å²) >= 11 is 0. The maximum absolute atomic E-state index is 12.8. The Hall–Kier alpha value is -1.11. The summed E-state index contributed by atoms with van der Waals surface area (Å²) in [7, 11) is -3.64. The highest BCUT2D eigenvalue weighted by atomic mass is 32.2. The van der Waals surface area contributed by atoms with Gasteiger partial charge in [-0.2, -0.15) is 4.31 Å². The Bertz CT molecular complexity index is 550. The van der Waals surface area contributed by atoms with Crippen LogP contribution in [0.25, 0.3) is 0 Å². The Labute approximate surface area is 121 Å². The first-order chi connectivity index (χ1) is 9.27. The summed E-state index contributed by atoms with van der Waals surface area (Å²) in [6.45, 7) is 7.55. The van der Waals surface area contributed by atoms with E-state index in [1.807, 2.05) is 13.8 Å². The Morgan fingerprint density at radius 3 is 2.30 bits per heavy atom. The molecule has 0 amide bonds. The lowest BCUT2D eigenvalue weighted by Crippen LogP contribution is -2.35. The number of nitrogens with zero attached hydrogens (tertiary/aromatic N) is 1. The third-order valence-corrected chi connectivity index (χ3v) is 5.67. The average Bonchev–Trinajstić information content (AvgIpc) is 2.36. The van der Waals surface area contributed by atoms with Gasteiger partial charge >= 0.3 is 0 Å². The van der Waals surface area contributed by atoms with Crippen LogP contribution in [0.3, 0.4) is 0 Å². The molecule has 0 aromatic heterocycles. The highest BCUT2D eigenvalue weighted by molar-refractivity contribution is 7.89. The quantitative estimate of drug-likeness (QED) is 0.781. The van der Waals surface area contributed by atoms with Crippen LogP contribution in [-0.4, -0.2) is 37.5 Å². The number of anilines is 1. The number of aliphatic hydroxyl groups is 1. The molecule has 3 N–H and O–H groups in total. The van der Waals surface area contributed by atoms with Gasteiger partial charge in [-0.15, -0.1) is 0 Å². The minimum atomic E-state index is -3.64. The van der Waals surface area contributed by atoms with Crippen LogP contribution < -0.4 is 5.73 Å². The monoisotopic (exact) mass is 300 g/mol. The molecular formula is C14H24N2O3S. The number of benzene rings is 1. The van der Waals surface area contributed by atoms with Crippen molar-refractivity contribution in [2.24, 2.45) is 0 Å². The van der Waals surface area contributed by atoms with Crippen molar-refractivity contribution in [3.8, 4) is 0 Å². The summed E-state index contributed by atoms with van der Waals surface area (Å²) in [5.74, 6) is 0. The molecule has 0 fully saturated rings. The molecule has 1 aromatic rings. The van der Waals surface area contributed by atoms with Gasteiger partial charge in [0.15, 0.2) is 0 Å². The minimum absolute atomic E-state index is 0.100. The lowest BCUT2D eigenvalue weighted by atomic mass is 10.1. The van der Waals surface area contributed by atoms with Crippen molar-refractivity contribution in [2.75, 3.05) is 25.4 Å². The lowest BCUT2D eigenvalue weighted by molar-refractivity contribution is 0.253.